The van der Waals surface area contributed by atoms with Crippen molar-refractivity contribution in [1.29, 1.82) is 0 Å². The van der Waals surface area contributed by atoms with Crippen molar-refractivity contribution in [1.82, 2.24) is 0 Å². The van der Waals surface area contributed by atoms with Gasteiger partial charge in [0.05, 0.1) is 5.56 Å². The number of nitrogens with one attached hydrogen (secondary N) is 1. The van der Waals surface area contributed by atoms with Gasteiger partial charge in [0.2, 0.25) is 0 Å². The van der Waals surface area contributed by atoms with Gasteiger partial charge in [-0.25, -0.2) is 0 Å². The number of hydrogen-bond donors (Lipinski definition) is 1. The number of fused-ring (bicyclic) bond motifs is 1. The fourth-order valence-corrected chi connectivity index (χ4v) is 3.81. The number of hydrogen-bond acceptors (Lipinski definition) is 2. The van der Waals surface area contributed by atoms with E-state index in [0.29, 0.717) is 5.56 Å². The second-order valence-electron chi connectivity index (χ2n) is 8.66. The quantitative estimate of drug-likeness (QED) is 0.573. The zero-order chi connectivity index (χ0) is 20.6. The van der Waals surface area contributed by atoms with Crippen molar-refractivity contribution in [3.05, 3.63) is 95.1 Å². The van der Waals surface area contributed by atoms with E-state index >= 15 is 0 Å². The Hall–Kier alpha value is -3.07. The lowest BCUT2D eigenvalue weighted by atomic mass is 9.86. The molecule has 1 heterocycles. The number of rotatable bonds is 3. The molecular formula is C26H28N2O. The first-order valence-electron chi connectivity index (χ1n) is 10.3. The molecule has 0 saturated heterocycles. The van der Waals surface area contributed by atoms with E-state index < -0.39 is 0 Å². The predicted molar refractivity (Wildman–Crippen MR) is 121 cm³/mol. The molecule has 0 radical (unpaired) electrons. The topological polar surface area (TPSA) is 32.3 Å². The Morgan fingerprint density at radius 2 is 1.55 bits per heavy atom. The lowest BCUT2D eigenvalue weighted by Gasteiger charge is -2.38. The van der Waals surface area contributed by atoms with Crippen molar-refractivity contribution in [3.63, 3.8) is 0 Å². The Kier molecular flexibility index (Phi) is 4.91. The summed E-state index contributed by atoms with van der Waals surface area (Å²) in [6.07, 6.45) is 0.728. The Balaban J connectivity index is 1.79. The first-order valence-corrected chi connectivity index (χ1v) is 10.3. The summed E-state index contributed by atoms with van der Waals surface area (Å²) in [4.78, 5) is 15.3. The van der Waals surface area contributed by atoms with Crippen LogP contribution in [0.25, 0.3) is 0 Å². The zero-order valence-electron chi connectivity index (χ0n) is 17.6. The Morgan fingerprint density at radius 1 is 0.897 bits per heavy atom. The highest BCUT2D eigenvalue weighted by molar-refractivity contribution is 6.12. The van der Waals surface area contributed by atoms with Crippen molar-refractivity contribution in [2.45, 2.75) is 45.7 Å². The van der Waals surface area contributed by atoms with E-state index in [9.17, 15) is 4.79 Å². The van der Waals surface area contributed by atoms with Crippen LogP contribution in [0.5, 0.6) is 0 Å². The van der Waals surface area contributed by atoms with E-state index in [1.807, 2.05) is 41.3 Å². The lowest BCUT2D eigenvalue weighted by molar-refractivity contribution is 0.0975. The van der Waals surface area contributed by atoms with E-state index in [0.717, 1.165) is 23.4 Å². The molecule has 0 saturated carbocycles. The second kappa shape index (κ2) is 7.40. The molecule has 3 nitrogen and oxygen atoms in total. The standard InChI is InChI=1S/C26H28N2O/c1-5-18-10-16-21(17-11-18)28-24(19-12-14-20(15-13-19)26(2,3)4)27-23-9-7-6-8-22(23)25(28)29/h6-17,24,27H,5H2,1-4H3. The molecule has 148 valence electrons. The third kappa shape index (κ3) is 3.65. The normalized spacial score (nSPS) is 16.3. The largest absolute Gasteiger partial charge is 0.360 e. The third-order valence-electron chi connectivity index (χ3n) is 5.64. The van der Waals surface area contributed by atoms with E-state index in [-0.39, 0.29) is 17.5 Å². The van der Waals surface area contributed by atoms with E-state index in [1.54, 1.807) is 0 Å². The van der Waals surface area contributed by atoms with Gasteiger partial charge in [-0.3, -0.25) is 9.69 Å². The molecule has 0 bridgehead atoms. The molecule has 3 aromatic carbocycles. The smallest absolute Gasteiger partial charge is 0.262 e. The highest BCUT2D eigenvalue weighted by atomic mass is 16.2. The zero-order valence-corrected chi connectivity index (χ0v) is 17.6. The first kappa shape index (κ1) is 19.3. The monoisotopic (exact) mass is 384 g/mol. The van der Waals surface area contributed by atoms with Crippen molar-refractivity contribution < 1.29 is 4.79 Å². The first-order chi connectivity index (χ1) is 13.9. The van der Waals surface area contributed by atoms with Crippen LogP contribution in [0.15, 0.2) is 72.8 Å². The molecule has 0 aliphatic carbocycles. The summed E-state index contributed by atoms with van der Waals surface area (Å²) >= 11 is 0. The van der Waals surface area contributed by atoms with Crippen molar-refractivity contribution in [3.8, 4) is 0 Å². The van der Waals surface area contributed by atoms with Gasteiger partial charge in [0.15, 0.2) is 0 Å². The molecule has 4 rings (SSSR count). The molecule has 1 unspecified atom stereocenters. The molecular weight excluding hydrogens is 356 g/mol. The second-order valence-corrected chi connectivity index (χ2v) is 8.66. The third-order valence-corrected chi connectivity index (χ3v) is 5.64. The summed E-state index contributed by atoms with van der Waals surface area (Å²) in [5.41, 5.74) is 6.19. The fraction of sp³-hybridized carbons (Fsp3) is 0.269. The predicted octanol–water partition coefficient (Wildman–Crippen LogP) is 6.32. The molecule has 0 fully saturated rings. The van der Waals surface area contributed by atoms with Crippen molar-refractivity contribution in [2.24, 2.45) is 0 Å². The number of carbonyl (C=O) groups is 1. The van der Waals surface area contributed by atoms with Gasteiger partial charge in [0.1, 0.15) is 6.17 Å². The highest BCUT2D eigenvalue weighted by Gasteiger charge is 2.34. The maximum atomic E-state index is 13.5. The lowest BCUT2D eigenvalue weighted by Crippen LogP contribution is -2.43. The summed E-state index contributed by atoms with van der Waals surface area (Å²) in [7, 11) is 0. The molecule has 29 heavy (non-hydrogen) atoms. The van der Waals surface area contributed by atoms with Gasteiger partial charge in [-0.1, -0.05) is 76.2 Å². The minimum atomic E-state index is -0.251. The number of carbonyl (C=O) groups excluding carboxylic acids is 1. The number of nitrogens with zero attached hydrogens (tertiary/aromatic N) is 1. The van der Waals surface area contributed by atoms with Crippen molar-refractivity contribution >= 4 is 17.3 Å². The van der Waals surface area contributed by atoms with Crippen LogP contribution >= 0.6 is 0 Å². The van der Waals surface area contributed by atoms with Gasteiger partial charge in [0, 0.05) is 11.4 Å². The van der Waals surface area contributed by atoms with Crippen molar-refractivity contribution in [2.75, 3.05) is 10.2 Å². The van der Waals surface area contributed by atoms with E-state index in [4.69, 9.17) is 0 Å². The van der Waals surface area contributed by atoms with Gasteiger partial charge >= 0.3 is 0 Å². The van der Waals surface area contributed by atoms with Gasteiger partial charge in [-0.05, 0) is 52.8 Å². The van der Waals surface area contributed by atoms with Gasteiger partial charge in [0.25, 0.3) is 5.91 Å². The van der Waals surface area contributed by atoms with Crippen LogP contribution in [0.4, 0.5) is 11.4 Å². The molecule has 1 amide bonds. The summed E-state index contributed by atoms with van der Waals surface area (Å²) < 4.78 is 0. The Labute approximate surface area is 173 Å². The summed E-state index contributed by atoms with van der Waals surface area (Å²) in [6, 6.07) is 24.6. The minimum Gasteiger partial charge on any atom is -0.360 e. The van der Waals surface area contributed by atoms with Gasteiger partial charge in [-0.15, -0.1) is 0 Å². The van der Waals surface area contributed by atoms with E-state index in [2.05, 4.69) is 69.4 Å². The van der Waals surface area contributed by atoms with Gasteiger partial charge in [-0.2, -0.15) is 0 Å². The SMILES string of the molecule is CCc1ccc(N2C(=O)c3ccccc3NC2c2ccc(C(C)(C)C)cc2)cc1. The summed E-state index contributed by atoms with van der Waals surface area (Å²) in [5.74, 6) is 0.0218. The number of para-hydroxylation sites is 1. The van der Waals surface area contributed by atoms with Crippen LogP contribution < -0.4 is 10.2 Å². The number of aryl methyl sites for hydroxylation is 1. The Morgan fingerprint density at radius 3 is 2.17 bits per heavy atom. The highest BCUT2D eigenvalue weighted by Crippen LogP contribution is 2.37. The fourth-order valence-electron chi connectivity index (χ4n) is 3.81. The van der Waals surface area contributed by atoms with E-state index in [1.165, 1.54) is 11.1 Å². The summed E-state index contributed by atoms with van der Waals surface area (Å²) in [5, 5.41) is 3.58. The molecule has 1 N–H and O–H groups in total. The Bertz CT molecular complexity index is 1010. The minimum absolute atomic E-state index is 0.0218. The number of benzene rings is 3. The molecule has 3 heteroatoms. The van der Waals surface area contributed by atoms with Crippen LogP contribution in [0, 0.1) is 0 Å². The summed E-state index contributed by atoms with van der Waals surface area (Å²) in [6.45, 7) is 8.77. The van der Waals surface area contributed by atoms with Crippen LogP contribution in [0.2, 0.25) is 0 Å². The number of anilines is 2. The maximum absolute atomic E-state index is 13.5. The molecule has 1 aliphatic rings. The van der Waals surface area contributed by atoms with Crippen LogP contribution in [0.3, 0.4) is 0 Å². The van der Waals surface area contributed by atoms with Gasteiger partial charge < -0.3 is 5.32 Å². The number of amides is 1. The van der Waals surface area contributed by atoms with Crippen LogP contribution in [0.1, 0.15) is 60.9 Å². The maximum Gasteiger partial charge on any atom is 0.262 e. The molecule has 1 atom stereocenters. The molecule has 3 aromatic rings. The average Bonchev–Trinajstić information content (AvgIpc) is 2.73. The molecule has 1 aliphatic heterocycles. The van der Waals surface area contributed by atoms with Crippen LogP contribution in [-0.4, -0.2) is 5.91 Å². The average molecular weight is 385 g/mol. The van der Waals surface area contributed by atoms with Crippen LogP contribution in [-0.2, 0) is 11.8 Å². The molecule has 0 aromatic heterocycles. The molecule has 0 spiro atoms.